The summed E-state index contributed by atoms with van der Waals surface area (Å²) in [7, 11) is 0. The topological polar surface area (TPSA) is 70.9 Å². The minimum absolute atomic E-state index is 0.632. The van der Waals surface area contributed by atoms with Crippen LogP contribution in [0.15, 0.2) is 59.8 Å². The number of hydrogen-bond acceptors (Lipinski definition) is 4. The number of amides is 1. The standard InChI is InChI=1S/C19H18N2O3/c1-19(2,23)13-12-15-8-10-16(11-9-15)14-20-24-18(22)21-17-6-4-3-5-7-17/h3-11,14,23H,1-2H3,(H,21,22)/b20-14+. The van der Waals surface area contributed by atoms with E-state index < -0.39 is 11.7 Å². The summed E-state index contributed by atoms with van der Waals surface area (Å²) in [6.45, 7) is 3.25. The first-order chi connectivity index (χ1) is 11.4. The molecule has 0 aliphatic rings. The highest BCUT2D eigenvalue weighted by Gasteiger charge is 2.05. The minimum atomic E-state index is -1.03. The zero-order valence-electron chi connectivity index (χ0n) is 13.5. The van der Waals surface area contributed by atoms with Gasteiger partial charge in [0.05, 0.1) is 6.21 Å². The van der Waals surface area contributed by atoms with Gasteiger partial charge in [0.2, 0.25) is 0 Å². The number of hydrogen-bond donors (Lipinski definition) is 2. The second-order valence-corrected chi connectivity index (χ2v) is 5.54. The van der Waals surface area contributed by atoms with Crippen LogP contribution in [0.5, 0.6) is 0 Å². The summed E-state index contributed by atoms with van der Waals surface area (Å²) >= 11 is 0. The van der Waals surface area contributed by atoms with E-state index in [1.54, 1.807) is 62.4 Å². The lowest BCUT2D eigenvalue weighted by Gasteiger charge is -2.05. The van der Waals surface area contributed by atoms with Gasteiger partial charge in [0.1, 0.15) is 5.60 Å². The molecule has 0 aliphatic heterocycles. The number of rotatable bonds is 3. The van der Waals surface area contributed by atoms with Crippen molar-refractivity contribution in [1.82, 2.24) is 0 Å². The zero-order chi connectivity index (χ0) is 17.4. The molecular weight excluding hydrogens is 304 g/mol. The molecule has 0 fully saturated rings. The summed E-state index contributed by atoms with van der Waals surface area (Å²) in [5, 5.41) is 15.7. The van der Waals surface area contributed by atoms with Gasteiger partial charge in [0, 0.05) is 11.3 Å². The highest BCUT2D eigenvalue weighted by molar-refractivity contribution is 5.85. The van der Waals surface area contributed by atoms with Crippen LogP contribution in [0.1, 0.15) is 25.0 Å². The SMILES string of the molecule is CC(C)(O)C#Cc1ccc(/C=N/OC(=O)Nc2ccccc2)cc1. The molecule has 122 valence electrons. The molecule has 0 aromatic heterocycles. The smallest absolute Gasteiger partial charge is 0.378 e. The maximum atomic E-state index is 11.5. The van der Waals surface area contributed by atoms with Gasteiger partial charge in [-0.05, 0) is 43.7 Å². The first-order valence-electron chi connectivity index (χ1n) is 7.34. The fraction of sp³-hybridized carbons (Fsp3) is 0.158. The van der Waals surface area contributed by atoms with Gasteiger partial charge >= 0.3 is 6.09 Å². The van der Waals surface area contributed by atoms with Crippen LogP contribution in [0.2, 0.25) is 0 Å². The third-order valence-electron chi connectivity index (χ3n) is 2.78. The van der Waals surface area contributed by atoms with Crippen molar-refractivity contribution in [3.8, 4) is 11.8 Å². The Labute approximate surface area is 141 Å². The van der Waals surface area contributed by atoms with Gasteiger partial charge in [-0.3, -0.25) is 10.2 Å². The molecule has 24 heavy (non-hydrogen) atoms. The molecule has 2 aromatic carbocycles. The van der Waals surface area contributed by atoms with Gasteiger partial charge < -0.3 is 5.11 Å². The summed E-state index contributed by atoms with van der Waals surface area (Å²) in [4.78, 5) is 16.3. The molecule has 0 radical (unpaired) electrons. The molecule has 0 spiro atoms. The Bertz CT molecular complexity index is 764. The van der Waals surface area contributed by atoms with E-state index in [1.165, 1.54) is 6.21 Å². The first kappa shape index (κ1) is 17.3. The highest BCUT2D eigenvalue weighted by Crippen LogP contribution is 2.06. The van der Waals surface area contributed by atoms with Crippen LogP contribution in [0.3, 0.4) is 0 Å². The Balaban J connectivity index is 1.88. The molecule has 0 atom stereocenters. The maximum Gasteiger partial charge on any atom is 0.437 e. The van der Waals surface area contributed by atoms with E-state index in [2.05, 4.69) is 22.3 Å². The molecule has 0 saturated heterocycles. The minimum Gasteiger partial charge on any atom is -0.378 e. The fourth-order valence-electron chi connectivity index (χ4n) is 1.67. The van der Waals surface area contributed by atoms with Gasteiger partial charge in [-0.15, -0.1) is 0 Å². The highest BCUT2D eigenvalue weighted by atomic mass is 16.7. The number of para-hydroxylation sites is 1. The van der Waals surface area contributed by atoms with Crippen molar-refractivity contribution in [1.29, 1.82) is 0 Å². The lowest BCUT2D eigenvalue weighted by Crippen LogP contribution is -2.14. The van der Waals surface area contributed by atoms with E-state index in [1.807, 2.05) is 6.07 Å². The lowest BCUT2D eigenvalue weighted by atomic mass is 10.1. The van der Waals surface area contributed by atoms with Crippen LogP contribution in [-0.2, 0) is 4.84 Å². The molecule has 1 amide bonds. The number of nitrogens with one attached hydrogen (secondary N) is 1. The average molecular weight is 322 g/mol. The van der Waals surface area contributed by atoms with Crippen molar-refractivity contribution < 1.29 is 14.7 Å². The van der Waals surface area contributed by atoms with Gasteiger partial charge in [0.15, 0.2) is 0 Å². The van der Waals surface area contributed by atoms with Gasteiger partial charge in [-0.2, -0.15) is 0 Å². The zero-order valence-corrected chi connectivity index (χ0v) is 13.5. The molecule has 2 rings (SSSR count). The Morgan fingerprint density at radius 2 is 1.83 bits per heavy atom. The monoisotopic (exact) mass is 322 g/mol. The van der Waals surface area contributed by atoms with Crippen molar-refractivity contribution in [3.05, 3.63) is 65.7 Å². The number of benzene rings is 2. The Morgan fingerprint density at radius 1 is 1.17 bits per heavy atom. The van der Waals surface area contributed by atoms with Gasteiger partial charge in [-0.25, -0.2) is 4.79 Å². The van der Waals surface area contributed by atoms with Crippen LogP contribution in [0, 0.1) is 11.8 Å². The molecule has 0 bridgehead atoms. The third-order valence-corrected chi connectivity index (χ3v) is 2.78. The number of carbonyl (C=O) groups excluding carboxylic acids is 1. The second-order valence-electron chi connectivity index (χ2n) is 5.54. The number of oxime groups is 1. The van der Waals surface area contributed by atoms with Crippen LogP contribution in [0.4, 0.5) is 10.5 Å². The molecule has 2 N–H and O–H groups in total. The van der Waals surface area contributed by atoms with Crippen LogP contribution < -0.4 is 5.32 Å². The van der Waals surface area contributed by atoms with E-state index in [9.17, 15) is 9.90 Å². The summed E-state index contributed by atoms with van der Waals surface area (Å²) in [6.07, 6.45) is 0.766. The van der Waals surface area contributed by atoms with E-state index in [0.717, 1.165) is 11.1 Å². The Kier molecular flexibility index (Phi) is 5.72. The summed E-state index contributed by atoms with van der Waals surface area (Å²) in [5.74, 6) is 5.61. The van der Waals surface area contributed by atoms with Crippen molar-refractivity contribution in [2.75, 3.05) is 5.32 Å². The molecular formula is C19H18N2O3. The quantitative estimate of drug-likeness (QED) is 0.394. The van der Waals surface area contributed by atoms with Crippen LogP contribution in [0.25, 0.3) is 0 Å². The molecule has 5 heteroatoms. The largest absolute Gasteiger partial charge is 0.437 e. The van der Waals surface area contributed by atoms with Crippen molar-refractivity contribution >= 4 is 18.0 Å². The average Bonchev–Trinajstić information content (AvgIpc) is 2.54. The van der Waals surface area contributed by atoms with Crippen LogP contribution in [-0.4, -0.2) is 23.0 Å². The lowest BCUT2D eigenvalue weighted by molar-refractivity contribution is 0.143. The number of nitrogens with zero attached hydrogens (tertiary/aromatic N) is 1. The third kappa shape index (κ3) is 6.34. The van der Waals surface area contributed by atoms with E-state index in [0.29, 0.717) is 5.69 Å². The van der Waals surface area contributed by atoms with E-state index in [4.69, 9.17) is 4.84 Å². The number of anilines is 1. The maximum absolute atomic E-state index is 11.5. The molecule has 0 unspecified atom stereocenters. The fourth-order valence-corrected chi connectivity index (χ4v) is 1.67. The van der Waals surface area contributed by atoms with E-state index >= 15 is 0 Å². The predicted molar refractivity (Wildman–Crippen MR) is 93.8 cm³/mol. The summed E-state index contributed by atoms with van der Waals surface area (Å²) in [5.41, 5.74) is 1.14. The predicted octanol–water partition coefficient (Wildman–Crippen LogP) is 3.39. The molecule has 5 nitrogen and oxygen atoms in total. The van der Waals surface area contributed by atoms with Crippen molar-refractivity contribution in [3.63, 3.8) is 0 Å². The van der Waals surface area contributed by atoms with E-state index in [-0.39, 0.29) is 0 Å². The number of aliphatic hydroxyl groups is 1. The normalized spacial score (nSPS) is 10.8. The molecule has 0 aliphatic carbocycles. The van der Waals surface area contributed by atoms with Crippen molar-refractivity contribution in [2.24, 2.45) is 5.16 Å². The summed E-state index contributed by atoms with van der Waals surface area (Å²) in [6, 6.07) is 16.1. The molecule has 0 saturated carbocycles. The first-order valence-corrected chi connectivity index (χ1v) is 7.34. The second kappa shape index (κ2) is 7.95. The summed E-state index contributed by atoms with van der Waals surface area (Å²) < 4.78 is 0. The van der Waals surface area contributed by atoms with Crippen LogP contribution >= 0.6 is 0 Å². The Morgan fingerprint density at radius 3 is 2.46 bits per heavy atom. The molecule has 2 aromatic rings. The Hall–Kier alpha value is -3.10. The number of carbonyl (C=O) groups is 1. The van der Waals surface area contributed by atoms with Crippen molar-refractivity contribution in [2.45, 2.75) is 19.4 Å². The van der Waals surface area contributed by atoms with Gasteiger partial charge in [0.25, 0.3) is 0 Å². The van der Waals surface area contributed by atoms with Gasteiger partial charge in [-0.1, -0.05) is 47.3 Å². The molecule has 0 heterocycles.